The van der Waals surface area contributed by atoms with Crippen molar-refractivity contribution in [3.63, 3.8) is 0 Å². The van der Waals surface area contributed by atoms with Crippen LogP contribution in [0.15, 0.2) is 24.3 Å². The number of nitrogens with one attached hydrogen (secondary N) is 1. The van der Waals surface area contributed by atoms with E-state index in [0.717, 1.165) is 37.0 Å². The van der Waals surface area contributed by atoms with Crippen LogP contribution in [0.2, 0.25) is 0 Å². The maximum atomic E-state index is 13.0. The standard InChI is InChI=1S/C22H29F3IN3O3/c1-3-21(30)32-16(13-31-2)12-28-9-7-15(8-10-28)27-18-5-4-6-19-17(18)11-20(26)29(19)14-22(23,24)25/h4-6,11,15-16,27H,3,7-10,12-14H2,1-2H3. The number of likely N-dealkylation sites (tertiary alicyclic amines) is 1. The van der Waals surface area contributed by atoms with E-state index in [1.165, 1.54) is 4.57 Å². The van der Waals surface area contributed by atoms with Crippen LogP contribution >= 0.6 is 22.6 Å². The summed E-state index contributed by atoms with van der Waals surface area (Å²) >= 11 is 1.95. The van der Waals surface area contributed by atoms with Crippen LogP contribution in [0.5, 0.6) is 0 Å². The second kappa shape index (κ2) is 11.1. The number of rotatable bonds is 9. The molecule has 0 saturated carbocycles. The lowest BCUT2D eigenvalue weighted by atomic mass is 10.0. The number of benzene rings is 1. The molecule has 0 amide bonds. The quantitative estimate of drug-likeness (QED) is 0.353. The molecule has 6 nitrogen and oxygen atoms in total. The third kappa shape index (κ3) is 6.74. The lowest BCUT2D eigenvalue weighted by Crippen LogP contribution is -2.44. The molecule has 10 heteroatoms. The number of methoxy groups -OCH3 is 1. The first-order chi connectivity index (χ1) is 15.2. The second-order valence-corrected chi connectivity index (χ2v) is 9.15. The van der Waals surface area contributed by atoms with Gasteiger partial charge in [-0.2, -0.15) is 13.2 Å². The van der Waals surface area contributed by atoms with Gasteiger partial charge in [0.1, 0.15) is 12.6 Å². The third-order valence-corrected chi connectivity index (χ3v) is 6.47. The summed E-state index contributed by atoms with van der Waals surface area (Å²) in [6, 6.07) is 7.46. The van der Waals surface area contributed by atoms with Crippen LogP contribution in [-0.2, 0) is 20.8 Å². The van der Waals surface area contributed by atoms with E-state index in [0.29, 0.717) is 28.8 Å². The van der Waals surface area contributed by atoms with Gasteiger partial charge in [-0.3, -0.25) is 9.69 Å². The summed E-state index contributed by atoms with van der Waals surface area (Å²) < 4.78 is 51.5. The topological polar surface area (TPSA) is 55.7 Å². The number of alkyl halides is 3. The number of hydrogen-bond acceptors (Lipinski definition) is 5. The minimum absolute atomic E-state index is 0.222. The fraction of sp³-hybridized carbons (Fsp3) is 0.591. The number of nitrogens with zero attached hydrogens (tertiary/aromatic N) is 2. The van der Waals surface area contributed by atoms with E-state index in [-0.39, 0.29) is 18.1 Å². The molecule has 2 heterocycles. The van der Waals surface area contributed by atoms with Gasteiger partial charge < -0.3 is 19.4 Å². The van der Waals surface area contributed by atoms with Gasteiger partial charge in [0, 0.05) is 50.3 Å². The molecule has 1 aromatic heterocycles. The lowest BCUT2D eigenvalue weighted by Gasteiger charge is -2.34. The van der Waals surface area contributed by atoms with Crippen molar-refractivity contribution < 1.29 is 27.4 Å². The van der Waals surface area contributed by atoms with Crippen LogP contribution in [-0.4, -0.2) is 67.1 Å². The Labute approximate surface area is 199 Å². The Hall–Kier alpha value is -1.53. The van der Waals surface area contributed by atoms with Gasteiger partial charge in [-0.05, 0) is 53.6 Å². The molecule has 1 unspecified atom stereocenters. The highest BCUT2D eigenvalue weighted by Gasteiger charge is 2.30. The molecule has 1 aliphatic heterocycles. The van der Waals surface area contributed by atoms with Gasteiger partial charge in [-0.1, -0.05) is 13.0 Å². The van der Waals surface area contributed by atoms with E-state index < -0.39 is 12.7 Å². The number of anilines is 1. The van der Waals surface area contributed by atoms with Gasteiger partial charge >= 0.3 is 12.1 Å². The van der Waals surface area contributed by atoms with Crippen LogP contribution in [0.3, 0.4) is 0 Å². The number of carbonyl (C=O) groups excluding carboxylic acids is 1. The molecule has 1 atom stereocenters. The van der Waals surface area contributed by atoms with Crippen molar-refractivity contribution >= 4 is 45.2 Å². The summed E-state index contributed by atoms with van der Waals surface area (Å²) in [4.78, 5) is 13.9. The number of ether oxygens (including phenoxy) is 2. The van der Waals surface area contributed by atoms with E-state index in [1.54, 1.807) is 32.2 Å². The summed E-state index contributed by atoms with van der Waals surface area (Å²) in [7, 11) is 1.59. The minimum Gasteiger partial charge on any atom is -0.459 e. The molecule has 2 aromatic rings. The van der Waals surface area contributed by atoms with Gasteiger partial charge in [0.2, 0.25) is 0 Å². The van der Waals surface area contributed by atoms with Crippen LogP contribution in [0.4, 0.5) is 18.9 Å². The van der Waals surface area contributed by atoms with Crippen LogP contribution in [0.1, 0.15) is 26.2 Å². The molecule has 0 radical (unpaired) electrons. The van der Waals surface area contributed by atoms with Gasteiger partial charge in [-0.25, -0.2) is 0 Å². The molecular weight excluding hydrogens is 538 g/mol. The number of halogens is 4. The Morgan fingerprint density at radius 2 is 2.03 bits per heavy atom. The Morgan fingerprint density at radius 3 is 2.66 bits per heavy atom. The normalized spacial score (nSPS) is 16.9. The molecule has 1 saturated heterocycles. The van der Waals surface area contributed by atoms with Crippen molar-refractivity contribution in [2.75, 3.05) is 38.7 Å². The number of fused-ring (bicyclic) bond motifs is 1. The van der Waals surface area contributed by atoms with Gasteiger partial charge in [0.25, 0.3) is 0 Å². The molecule has 1 aliphatic rings. The number of esters is 1. The van der Waals surface area contributed by atoms with Crippen molar-refractivity contribution in [3.05, 3.63) is 28.0 Å². The Kier molecular flexibility index (Phi) is 8.68. The Balaban J connectivity index is 1.61. The maximum Gasteiger partial charge on any atom is 0.406 e. The number of carbonyl (C=O) groups is 1. The average Bonchev–Trinajstić information content (AvgIpc) is 3.04. The van der Waals surface area contributed by atoms with Gasteiger partial charge in [0.05, 0.1) is 15.8 Å². The summed E-state index contributed by atoms with van der Waals surface area (Å²) in [5, 5.41) is 4.33. The summed E-state index contributed by atoms with van der Waals surface area (Å²) in [5.74, 6) is -0.233. The molecule has 0 spiro atoms. The lowest BCUT2D eigenvalue weighted by molar-refractivity contribution is -0.152. The molecule has 1 N–H and O–H groups in total. The zero-order valence-electron chi connectivity index (χ0n) is 18.3. The van der Waals surface area contributed by atoms with Crippen LogP contribution in [0, 0.1) is 3.70 Å². The smallest absolute Gasteiger partial charge is 0.406 e. The molecule has 0 aliphatic carbocycles. The fourth-order valence-corrected chi connectivity index (χ4v) is 4.81. The number of piperidine rings is 1. The Bertz CT molecular complexity index is 911. The molecule has 32 heavy (non-hydrogen) atoms. The zero-order valence-corrected chi connectivity index (χ0v) is 20.4. The van der Waals surface area contributed by atoms with Crippen LogP contribution in [0.25, 0.3) is 10.9 Å². The SMILES string of the molecule is CCC(=O)OC(COC)CN1CCC(Nc2cccc3c2cc(I)n3CC(F)(F)F)CC1. The molecule has 1 aromatic carbocycles. The van der Waals surface area contributed by atoms with Crippen molar-refractivity contribution in [2.45, 2.75) is 51.1 Å². The third-order valence-electron chi connectivity index (χ3n) is 5.58. The number of hydrogen-bond donors (Lipinski definition) is 1. The highest BCUT2D eigenvalue weighted by atomic mass is 127. The summed E-state index contributed by atoms with van der Waals surface area (Å²) in [6.07, 6.45) is -2.45. The highest BCUT2D eigenvalue weighted by Crippen LogP contribution is 2.32. The molecule has 3 rings (SSSR count). The largest absolute Gasteiger partial charge is 0.459 e. The predicted molar refractivity (Wildman–Crippen MR) is 126 cm³/mol. The van der Waals surface area contributed by atoms with Crippen molar-refractivity contribution in [1.82, 2.24) is 9.47 Å². The van der Waals surface area contributed by atoms with E-state index in [4.69, 9.17) is 9.47 Å². The molecular formula is C22H29F3IN3O3. The average molecular weight is 567 g/mol. The van der Waals surface area contributed by atoms with E-state index in [1.807, 2.05) is 28.7 Å². The molecule has 178 valence electrons. The zero-order chi connectivity index (χ0) is 23.3. The van der Waals surface area contributed by atoms with E-state index >= 15 is 0 Å². The fourth-order valence-electron chi connectivity index (χ4n) is 4.06. The summed E-state index contributed by atoms with van der Waals surface area (Å²) in [6.45, 7) is 3.43. The van der Waals surface area contributed by atoms with Gasteiger partial charge in [0.15, 0.2) is 0 Å². The summed E-state index contributed by atoms with van der Waals surface area (Å²) in [5.41, 5.74) is 1.43. The van der Waals surface area contributed by atoms with Crippen molar-refractivity contribution in [3.8, 4) is 0 Å². The first-order valence-corrected chi connectivity index (χ1v) is 11.8. The van der Waals surface area contributed by atoms with E-state index in [2.05, 4.69) is 10.2 Å². The Morgan fingerprint density at radius 1 is 1.31 bits per heavy atom. The van der Waals surface area contributed by atoms with Crippen molar-refractivity contribution in [2.24, 2.45) is 0 Å². The number of aromatic nitrogens is 1. The minimum atomic E-state index is -4.27. The first-order valence-electron chi connectivity index (χ1n) is 10.7. The second-order valence-electron chi connectivity index (χ2n) is 8.05. The predicted octanol–water partition coefficient (Wildman–Crippen LogP) is 4.65. The van der Waals surface area contributed by atoms with Crippen molar-refractivity contribution in [1.29, 1.82) is 0 Å². The van der Waals surface area contributed by atoms with E-state index in [9.17, 15) is 18.0 Å². The molecule has 0 bridgehead atoms. The first kappa shape index (κ1) is 25.1. The maximum absolute atomic E-state index is 13.0. The monoisotopic (exact) mass is 567 g/mol. The van der Waals surface area contributed by atoms with Gasteiger partial charge in [-0.15, -0.1) is 0 Å². The highest BCUT2D eigenvalue weighted by molar-refractivity contribution is 14.1. The van der Waals surface area contributed by atoms with Crippen LogP contribution < -0.4 is 5.32 Å². The molecule has 1 fully saturated rings.